The van der Waals surface area contributed by atoms with Crippen LogP contribution in [0.4, 0.5) is 11.9 Å². The molecule has 0 unspecified atom stereocenters. The van der Waals surface area contributed by atoms with E-state index < -0.39 is 0 Å². The van der Waals surface area contributed by atoms with Gasteiger partial charge in [0.15, 0.2) is 0 Å². The molecule has 0 atom stereocenters. The molecule has 1 aromatic heterocycles. The molecule has 1 aromatic rings. The van der Waals surface area contributed by atoms with E-state index in [2.05, 4.69) is 39.3 Å². The molecular weight excluding hydrogens is 252 g/mol. The van der Waals surface area contributed by atoms with Crippen molar-refractivity contribution in [1.82, 2.24) is 19.9 Å². The van der Waals surface area contributed by atoms with Gasteiger partial charge in [-0.05, 0) is 45.6 Å². The van der Waals surface area contributed by atoms with Crippen molar-refractivity contribution in [1.29, 1.82) is 0 Å². The Labute approximate surface area is 113 Å². The quantitative estimate of drug-likeness (QED) is 0.809. The van der Waals surface area contributed by atoms with Crippen LogP contribution in [0, 0.1) is 0 Å². The van der Waals surface area contributed by atoms with Crippen molar-refractivity contribution in [2.45, 2.75) is 13.3 Å². The molecule has 1 heterocycles. The van der Waals surface area contributed by atoms with E-state index in [9.17, 15) is 0 Å². The third kappa shape index (κ3) is 5.01. The van der Waals surface area contributed by atoms with Crippen LogP contribution >= 0.6 is 11.6 Å². The average Bonchev–Trinajstić information content (AvgIpc) is 2.28. The summed E-state index contributed by atoms with van der Waals surface area (Å²) >= 11 is 5.88. The van der Waals surface area contributed by atoms with Gasteiger partial charge in [0.25, 0.3) is 0 Å². The maximum atomic E-state index is 5.88. The van der Waals surface area contributed by atoms with E-state index in [-0.39, 0.29) is 5.28 Å². The van der Waals surface area contributed by atoms with Crippen LogP contribution in [-0.4, -0.2) is 60.6 Å². The first-order valence-electron chi connectivity index (χ1n) is 6.04. The van der Waals surface area contributed by atoms with E-state index in [1.165, 1.54) is 0 Å². The van der Waals surface area contributed by atoms with Gasteiger partial charge in [-0.15, -0.1) is 0 Å². The summed E-state index contributed by atoms with van der Waals surface area (Å²) in [5.41, 5.74) is 0. The molecule has 7 heteroatoms. The fourth-order valence-corrected chi connectivity index (χ4v) is 1.63. The van der Waals surface area contributed by atoms with Crippen LogP contribution in [0.15, 0.2) is 0 Å². The Bertz CT molecular complexity index is 371. The number of halogens is 1. The summed E-state index contributed by atoms with van der Waals surface area (Å²) < 4.78 is 0. The standard InChI is InChI=1S/C11H21ClN6/c1-5-13-10-14-9(12)15-11(16-10)18(4)8-6-7-17(2)3/h5-8H2,1-4H3,(H,13,14,15,16). The molecule has 0 fully saturated rings. The molecule has 0 aliphatic heterocycles. The predicted octanol–water partition coefficient (Wildman–Crippen LogP) is 1.34. The van der Waals surface area contributed by atoms with Gasteiger partial charge < -0.3 is 15.1 Å². The Morgan fingerprint density at radius 1 is 1.11 bits per heavy atom. The molecule has 0 aliphatic carbocycles. The number of nitrogens with one attached hydrogen (secondary N) is 1. The minimum absolute atomic E-state index is 0.218. The second-order valence-corrected chi connectivity index (χ2v) is 4.67. The topological polar surface area (TPSA) is 57.2 Å². The molecule has 18 heavy (non-hydrogen) atoms. The number of hydrogen-bond acceptors (Lipinski definition) is 6. The molecule has 102 valence electrons. The third-order valence-corrected chi connectivity index (χ3v) is 2.54. The van der Waals surface area contributed by atoms with Crippen LogP contribution in [0.25, 0.3) is 0 Å². The lowest BCUT2D eigenvalue weighted by molar-refractivity contribution is 0.401. The van der Waals surface area contributed by atoms with Crippen molar-refractivity contribution in [3.8, 4) is 0 Å². The van der Waals surface area contributed by atoms with Gasteiger partial charge in [-0.3, -0.25) is 0 Å². The van der Waals surface area contributed by atoms with E-state index in [4.69, 9.17) is 11.6 Å². The van der Waals surface area contributed by atoms with E-state index in [1.54, 1.807) is 0 Å². The summed E-state index contributed by atoms with van der Waals surface area (Å²) in [6, 6.07) is 0. The maximum Gasteiger partial charge on any atom is 0.231 e. The number of hydrogen-bond donors (Lipinski definition) is 1. The van der Waals surface area contributed by atoms with Crippen LogP contribution in [0.5, 0.6) is 0 Å². The summed E-state index contributed by atoms with van der Waals surface area (Å²) in [5.74, 6) is 1.12. The fraction of sp³-hybridized carbons (Fsp3) is 0.727. The molecule has 0 bridgehead atoms. The number of rotatable bonds is 7. The van der Waals surface area contributed by atoms with Crippen molar-refractivity contribution in [3.63, 3.8) is 0 Å². The van der Waals surface area contributed by atoms with Crippen LogP contribution in [0.3, 0.4) is 0 Å². The highest BCUT2D eigenvalue weighted by Crippen LogP contribution is 2.12. The number of anilines is 2. The normalized spacial score (nSPS) is 10.8. The molecule has 0 amide bonds. The van der Waals surface area contributed by atoms with E-state index >= 15 is 0 Å². The van der Waals surface area contributed by atoms with Crippen molar-refractivity contribution in [3.05, 3.63) is 5.28 Å². The minimum atomic E-state index is 0.218. The molecule has 0 aliphatic rings. The summed E-state index contributed by atoms with van der Waals surface area (Å²) in [5, 5.41) is 3.25. The molecule has 1 rings (SSSR count). The van der Waals surface area contributed by atoms with Gasteiger partial charge >= 0.3 is 0 Å². The lowest BCUT2D eigenvalue weighted by atomic mass is 10.4. The van der Waals surface area contributed by atoms with Gasteiger partial charge in [-0.1, -0.05) is 0 Å². The van der Waals surface area contributed by atoms with Crippen molar-refractivity contribution in [2.75, 3.05) is 51.0 Å². The van der Waals surface area contributed by atoms with Gasteiger partial charge in [0.2, 0.25) is 17.2 Å². The molecule has 0 spiro atoms. The van der Waals surface area contributed by atoms with Gasteiger partial charge in [-0.2, -0.15) is 15.0 Å². The number of nitrogens with zero attached hydrogens (tertiary/aromatic N) is 5. The van der Waals surface area contributed by atoms with Crippen molar-refractivity contribution >= 4 is 23.5 Å². The Hall–Kier alpha value is -1.14. The highest BCUT2D eigenvalue weighted by Gasteiger charge is 2.08. The van der Waals surface area contributed by atoms with Crippen molar-refractivity contribution < 1.29 is 0 Å². The molecule has 0 saturated carbocycles. The Balaban J connectivity index is 2.63. The summed E-state index contributed by atoms with van der Waals surface area (Å²) in [6.45, 7) is 4.65. The third-order valence-electron chi connectivity index (χ3n) is 2.37. The highest BCUT2D eigenvalue weighted by atomic mass is 35.5. The number of aromatic nitrogens is 3. The SMILES string of the molecule is CCNc1nc(Cl)nc(N(C)CCCN(C)C)n1. The smallest absolute Gasteiger partial charge is 0.231 e. The predicted molar refractivity (Wildman–Crippen MR) is 75.4 cm³/mol. The average molecular weight is 273 g/mol. The molecule has 0 saturated heterocycles. The van der Waals surface area contributed by atoms with E-state index in [1.807, 2.05) is 18.9 Å². The largest absolute Gasteiger partial charge is 0.354 e. The highest BCUT2D eigenvalue weighted by molar-refractivity contribution is 6.28. The fourth-order valence-electron chi connectivity index (χ4n) is 1.47. The Morgan fingerprint density at radius 3 is 2.44 bits per heavy atom. The monoisotopic (exact) mass is 272 g/mol. The summed E-state index contributed by atoms with van der Waals surface area (Å²) in [7, 11) is 6.07. The van der Waals surface area contributed by atoms with Gasteiger partial charge in [0, 0.05) is 20.1 Å². The zero-order valence-electron chi connectivity index (χ0n) is 11.4. The van der Waals surface area contributed by atoms with Crippen LogP contribution in [0.2, 0.25) is 5.28 Å². The van der Waals surface area contributed by atoms with Gasteiger partial charge in [0.05, 0.1) is 0 Å². The lowest BCUT2D eigenvalue weighted by Crippen LogP contribution is -2.25. The Morgan fingerprint density at radius 2 is 1.83 bits per heavy atom. The van der Waals surface area contributed by atoms with E-state index in [0.29, 0.717) is 11.9 Å². The molecule has 1 N–H and O–H groups in total. The first-order chi connectivity index (χ1) is 8.52. The second kappa shape index (κ2) is 7.33. The first kappa shape index (κ1) is 14.9. The minimum Gasteiger partial charge on any atom is -0.354 e. The maximum absolute atomic E-state index is 5.88. The molecule has 0 aromatic carbocycles. The zero-order valence-corrected chi connectivity index (χ0v) is 12.2. The van der Waals surface area contributed by atoms with Crippen molar-refractivity contribution in [2.24, 2.45) is 0 Å². The summed E-state index contributed by atoms with van der Waals surface area (Å²) in [6.07, 6.45) is 1.04. The van der Waals surface area contributed by atoms with Gasteiger partial charge in [-0.25, -0.2) is 0 Å². The zero-order chi connectivity index (χ0) is 13.5. The van der Waals surface area contributed by atoms with Crippen LogP contribution < -0.4 is 10.2 Å². The molecular formula is C11H21ClN6. The molecule has 6 nitrogen and oxygen atoms in total. The second-order valence-electron chi connectivity index (χ2n) is 4.34. The van der Waals surface area contributed by atoms with Crippen LogP contribution in [0.1, 0.15) is 13.3 Å². The lowest BCUT2D eigenvalue weighted by Gasteiger charge is -2.18. The Kier molecular flexibility index (Phi) is 6.07. The van der Waals surface area contributed by atoms with Crippen LogP contribution in [-0.2, 0) is 0 Å². The van der Waals surface area contributed by atoms with Gasteiger partial charge in [0.1, 0.15) is 0 Å². The summed E-state index contributed by atoms with van der Waals surface area (Å²) in [4.78, 5) is 16.6. The molecule has 0 radical (unpaired) electrons. The van der Waals surface area contributed by atoms with E-state index in [0.717, 1.165) is 26.1 Å². The first-order valence-corrected chi connectivity index (χ1v) is 6.42.